The minimum absolute atomic E-state index is 0.0495. The lowest BCUT2D eigenvalue weighted by Gasteiger charge is -2.03. The largest absolute Gasteiger partial charge is 0.233 e. The van der Waals surface area contributed by atoms with Crippen LogP contribution in [0.2, 0.25) is 0 Å². The SMILES string of the molecule is O=S(=O)(Cl)CC1Cc2ccccc2S1. The number of thioether (sulfide) groups is 1. The summed E-state index contributed by atoms with van der Waals surface area (Å²) in [5.74, 6) is 0.0495. The first-order valence-electron chi connectivity index (χ1n) is 4.21. The van der Waals surface area contributed by atoms with Crippen molar-refractivity contribution < 1.29 is 8.42 Å². The first kappa shape index (κ1) is 10.3. The molecule has 0 aliphatic carbocycles. The highest BCUT2D eigenvalue weighted by molar-refractivity contribution is 8.14. The molecular weight excluding hydrogens is 240 g/mol. The fourth-order valence-corrected chi connectivity index (χ4v) is 4.70. The topological polar surface area (TPSA) is 34.1 Å². The maximum atomic E-state index is 10.9. The van der Waals surface area contributed by atoms with Crippen LogP contribution in [0.4, 0.5) is 0 Å². The van der Waals surface area contributed by atoms with E-state index in [4.69, 9.17) is 10.7 Å². The summed E-state index contributed by atoms with van der Waals surface area (Å²) in [4.78, 5) is 1.18. The van der Waals surface area contributed by atoms with Gasteiger partial charge in [-0.2, -0.15) is 0 Å². The molecule has 1 aromatic carbocycles. The van der Waals surface area contributed by atoms with E-state index in [0.717, 1.165) is 6.42 Å². The van der Waals surface area contributed by atoms with Gasteiger partial charge in [0.25, 0.3) is 0 Å². The zero-order chi connectivity index (χ0) is 10.2. The quantitative estimate of drug-likeness (QED) is 0.753. The van der Waals surface area contributed by atoms with E-state index in [2.05, 4.69) is 0 Å². The molecule has 0 N–H and O–H groups in total. The molecule has 2 nitrogen and oxygen atoms in total. The van der Waals surface area contributed by atoms with Crippen LogP contribution in [0, 0.1) is 0 Å². The number of rotatable bonds is 2. The Hall–Kier alpha value is -0.190. The molecule has 14 heavy (non-hydrogen) atoms. The predicted molar refractivity (Wildman–Crippen MR) is 59.4 cm³/mol. The van der Waals surface area contributed by atoms with Crippen molar-refractivity contribution in [3.63, 3.8) is 0 Å². The zero-order valence-corrected chi connectivity index (χ0v) is 9.70. The molecule has 0 bridgehead atoms. The molecule has 5 heteroatoms. The molecular formula is C9H9ClO2S2. The summed E-state index contributed by atoms with van der Waals surface area (Å²) in [6.07, 6.45) is 0.798. The second kappa shape index (κ2) is 3.76. The van der Waals surface area contributed by atoms with Gasteiger partial charge in [-0.1, -0.05) is 18.2 Å². The second-order valence-corrected chi connectivity index (χ2v) is 7.42. The molecule has 1 aliphatic rings. The fraction of sp³-hybridized carbons (Fsp3) is 0.333. The van der Waals surface area contributed by atoms with Gasteiger partial charge in [-0.05, 0) is 18.1 Å². The van der Waals surface area contributed by atoms with Crippen molar-refractivity contribution in [1.82, 2.24) is 0 Å². The van der Waals surface area contributed by atoms with Gasteiger partial charge in [0, 0.05) is 20.8 Å². The van der Waals surface area contributed by atoms with E-state index in [0.29, 0.717) is 0 Å². The molecule has 1 heterocycles. The minimum atomic E-state index is -3.37. The van der Waals surface area contributed by atoms with Crippen LogP contribution in [0.3, 0.4) is 0 Å². The third kappa shape index (κ3) is 2.43. The third-order valence-corrected chi connectivity index (χ3v) is 4.81. The average molecular weight is 249 g/mol. The normalized spacial score (nSPS) is 20.8. The molecule has 0 saturated heterocycles. The summed E-state index contributed by atoms with van der Waals surface area (Å²) < 4.78 is 21.8. The highest BCUT2D eigenvalue weighted by Crippen LogP contribution is 2.37. The predicted octanol–water partition coefficient (Wildman–Crippen LogP) is 2.27. The Bertz CT molecular complexity index is 417. The molecule has 76 valence electrons. The Morgan fingerprint density at radius 1 is 1.43 bits per heavy atom. The molecule has 1 aromatic rings. The van der Waals surface area contributed by atoms with Gasteiger partial charge in [0.05, 0.1) is 5.75 Å². The second-order valence-electron chi connectivity index (χ2n) is 3.26. The van der Waals surface area contributed by atoms with E-state index in [9.17, 15) is 8.42 Å². The van der Waals surface area contributed by atoms with E-state index in [-0.39, 0.29) is 11.0 Å². The van der Waals surface area contributed by atoms with Gasteiger partial charge >= 0.3 is 0 Å². The van der Waals surface area contributed by atoms with E-state index in [1.165, 1.54) is 10.5 Å². The summed E-state index contributed by atoms with van der Waals surface area (Å²) in [6.45, 7) is 0. The van der Waals surface area contributed by atoms with Gasteiger partial charge < -0.3 is 0 Å². The van der Waals surface area contributed by atoms with Crippen molar-refractivity contribution in [2.75, 3.05) is 5.75 Å². The molecule has 2 rings (SSSR count). The Labute approximate surface area is 92.1 Å². The van der Waals surface area contributed by atoms with Crippen LogP contribution >= 0.6 is 22.4 Å². The Morgan fingerprint density at radius 2 is 2.14 bits per heavy atom. The van der Waals surface area contributed by atoms with Crippen molar-refractivity contribution in [3.8, 4) is 0 Å². The number of fused-ring (bicyclic) bond motifs is 1. The van der Waals surface area contributed by atoms with Crippen molar-refractivity contribution in [2.24, 2.45) is 0 Å². The van der Waals surface area contributed by atoms with Crippen LogP contribution in [-0.4, -0.2) is 19.4 Å². The van der Waals surface area contributed by atoms with Gasteiger partial charge in [-0.15, -0.1) is 11.8 Å². The van der Waals surface area contributed by atoms with Gasteiger partial charge in [0.2, 0.25) is 9.05 Å². The molecule has 0 saturated carbocycles. The van der Waals surface area contributed by atoms with Crippen LogP contribution in [-0.2, 0) is 15.5 Å². The van der Waals surface area contributed by atoms with Crippen LogP contribution in [0.1, 0.15) is 5.56 Å². The van der Waals surface area contributed by atoms with Gasteiger partial charge in [0.15, 0.2) is 0 Å². The summed E-state index contributed by atoms with van der Waals surface area (Å²) in [7, 11) is 1.84. The third-order valence-electron chi connectivity index (χ3n) is 2.10. The maximum absolute atomic E-state index is 10.9. The van der Waals surface area contributed by atoms with Crippen molar-refractivity contribution in [1.29, 1.82) is 0 Å². The summed E-state index contributed by atoms with van der Waals surface area (Å²) in [5, 5.41) is 0.0786. The standard InChI is InChI=1S/C9H9ClO2S2/c10-14(11,12)6-8-5-7-3-1-2-4-9(7)13-8/h1-4,8H,5-6H2. The van der Waals surface area contributed by atoms with Crippen LogP contribution < -0.4 is 0 Å². The molecule has 1 atom stereocenters. The summed E-state index contributed by atoms with van der Waals surface area (Å²) in [6, 6.07) is 7.98. The highest BCUT2D eigenvalue weighted by Gasteiger charge is 2.25. The number of benzene rings is 1. The molecule has 0 radical (unpaired) electrons. The molecule has 1 unspecified atom stereocenters. The monoisotopic (exact) mass is 248 g/mol. The smallest absolute Gasteiger partial charge is 0.212 e. The summed E-state index contributed by atoms with van der Waals surface area (Å²) >= 11 is 1.60. The number of halogens is 1. The van der Waals surface area contributed by atoms with Crippen molar-refractivity contribution in [3.05, 3.63) is 29.8 Å². The van der Waals surface area contributed by atoms with Crippen LogP contribution in [0.5, 0.6) is 0 Å². The van der Waals surface area contributed by atoms with Crippen molar-refractivity contribution in [2.45, 2.75) is 16.6 Å². The lowest BCUT2D eigenvalue weighted by atomic mass is 10.1. The Balaban J connectivity index is 2.13. The lowest BCUT2D eigenvalue weighted by Crippen LogP contribution is -2.13. The first-order chi connectivity index (χ1) is 6.54. The Morgan fingerprint density at radius 3 is 2.79 bits per heavy atom. The molecule has 0 aromatic heterocycles. The number of hydrogen-bond donors (Lipinski definition) is 0. The maximum Gasteiger partial charge on any atom is 0.233 e. The van der Waals surface area contributed by atoms with Crippen molar-refractivity contribution >= 4 is 31.5 Å². The van der Waals surface area contributed by atoms with Gasteiger partial charge in [-0.3, -0.25) is 0 Å². The highest BCUT2D eigenvalue weighted by atomic mass is 35.7. The molecule has 1 aliphatic heterocycles. The van der Waals surface area contributed by atoms with E-state index in [1.54, 1.807) is 11.8 Å². The molecule has 0 spiro atoms. The fourth-order valence-electron chi connectivity index (χ4n) is 1.57. The lowest BCUT2D eigenvalue weighted by molar-refractivity contribution is 0.608. The first-order valence-corrected chi connectivity index (χ1v) is 7.57. The van der Waals surface area contributed by atoms with Gasteiger partial charge in [-0.25, -0.2) is 8.42 Å². The Kier molecular flexibility index (Phi) is 2.77. The zero-order valence-electron chi connectivity index (χ0n) is 7.31. The average Bonchev–Trinajstić information content (AvgIpc) is 2.42. The minimum Gasteiger partial charge on any atom is -0.212 e. The van der Waals surface area contributed by atoms with Gasteiger partial charge in [0.1, 0.15) is 0 Å². The summed E-state index contributed by atoms with van der Waals surface area (Å²) in [5.41, 5.74) is 1.22. The van der Waals surface area contributed by atoms with Crippen LogP contribution in [0.25, 0.3) is 0 Å². The van der Waals surface area contributed by atoms with E-state index in [1.807, 2.05) is 24.3 Å². The van der Waals surface area contributed by atoms with E-state index >= 15 is 0 Å². The molecule has 0 amide bonds. The number of hydrogen-bond acceptors (Lipinski definition) is 3. The van der Waals surface area contributed by atoms with Crippen LogP contribution in [0.15, 0.2) is 29.2 Å². The molecule has 0 fully saturated rings. The van der Waals surface area contributed by atoms with E-state index < -0.39 is 9.05 Å².